The molecule has 0 unspecified atom stereocenters. The molecule has 0 fully saturated rings. The van der Waals surface area contributed by atoms with E-state index in [1.54, 1.807) is 0 Å². The summed E-state index contributed by atoms with van der Waals surface area (Å²) in [6.45, 7) is 0. The van der Waals surface area contributed by atoms with Crippen LogP contribution in [0.4, 0.5) is 17.1 Å². The molecule has 0 amide bonds. The highest BCUT2D eigenvalue weighted by atomic mass is 16.3. The molecule has 1 heterocycles. The smallest absolute Gasteiger partial charge is 0.159 e. The molecule has 2 heteroatoms. The van der Waals surface area contributed by atoms with Crippen molar-refractivity contribution in [2.24, 2.45) is 0 Å². The van der Waals surface area contributed by atoms with E-state index in [1.807, 2.05) is 0 Å². The van der Waals surface area contributed by atoms with E-state index < -0.39 is 0 Å². The van der Waals surface area contributed by atoms with Crippen molar-refractivity contribution < 1.29 is 4.42 Å². The standard InChI is InChI=1S/C62H41NO/c1-5-18-42(19-6-1)43-32-36-48(37-33-43)63(57-31-17-30-56-60-50(44-20-7-2-8-21-44)40-41-51(62(60)64-61(56)57)45-22-9-3-10-23-45)49-38-34-47(35-39-49)59-55-29-16-14-27-53(55)52-26-13-15-28-54(52)58(59)46-24-11-4-12-25-46/h1-41H. The van der Waals surface area contributed by atoms with E-state index in [9.17, 15) is 0 Å². The maximum absolute atomic E-state index is 7.25. The molecule has 0 bridgehead atoms. The van der Waals surface area contributed by atoms with Crippen molar-refractivity contribution in [3.05, 3.63) is 249 Å². The first kappa shape index (κ1) is 37.3. The number of para-hydroxylation sites is 1. The first-order valence-corrected chi connectivity index (χ1v) is 21.9. The molecule has 0 aliphatic heterocycles. The van der Waals surface area contributed by atoms with Gasteiger partial charge in [-0.05, 0) is 108 Å². The van der Waals surface area contributed by atoms with Gasteiger partial charge in [0.15, 0.2) is 5.58 Å². The van der Waals surface area contributed by atoms with Crippen molar-refractivity contribution in [3.63, 3.8) is 0 Å². The quantitative estimate of drug-likeness (QED) is 0.142. The molecule has 12 aromatic rings. The van der Waals surface area contributed by atoms with Gasteiger partial charge in [0.05, 0.1) is 5.69 Å². The van der Waals surface area contributed by atoms with Crippen LogP contribution in [0.1, 0.15) is 0 Å². The first-order valence-electron chi connectivity index (χ1n) is 21.9. The van der Waals surface area contributed by atoms with Crippen LogP contribution in [0.2, 0.25) is 0 Å². The Labute approximate surface area is 372 Å². The summed E-state index contributed by atoms with van der Waals surface area (Å²) in [6, 6.07) is 89.3. The average molecular weight is 816 g/mol. The van der Waals surface area contributed by atoms with Gasteiger partial charge in [-0.3, -0.25) is 0 Å². The Morgan fingerprint density at radius 3 is 1.19 bits per heavy atom. The molecular formula is C62H41NO. The summed E-state index contributed by atoms with van der Waals surface area (Å²) in [5, 5.41) is 7.16. The Morgan fingerprint density at radius 2 is 0.641 bits per heavy atom. The minimum atomic E-state index is 0.834. The zero-order valence-electron chi connectivity index (χ0n) is 35.0. The molecule has 0 aliphatic rings. The van der Waals surface area contributed by atoms with Gasteiger partial charge in [0.25, 0.3) is 0 Å². The first-order chi connectivity index (χ1) is 31.8. The number of hydrogen-bond donors (Lipinski definition) is 0. The van der Waals surface area contributed by atoms with Crippen molar-refractivity contribution >= 4 is 60.5 Å². The predicted octanol–water partition coefficient (Wildman–Crippen LogP) is 17.7. The lowest BCUT2D eigenvalue weighted by Gasteiger charge is -2.26. The summed E-state index contributed by atoms with van der Waals surface area (Å²) in [6.07, 6.45) is 0. The fourth-order valence-corrected chi connectivity index (χ4v) is 9.75. The number of furan rings is 1. The molecule has 0 atom stereocenters. The van der Waals surface area contributed by atoms with E-state index in [4.69, 9.17) is 4.42 Å². The Hall–Kier alpha value is -8.46. The van der Waals surface area contributed by atoms with E-state index in [2.05, 4.69) is 254 Å². The fourth-order valence-electron chi connectivity index (χ4n) is 9.75. The number of hydrogen-bond acceptors (Lipinski definition) is 2. The molecule has 0 aliphatic carbocycles. The van der Waals surface area contributed by atoms with E-state index >= 15 is 0 Å². The van der Waals surface area contributed by atoms with E-state index in [0.717, 1.165) is 66.8 Å². The van der Waals surface area contributed by atoms with Crippen molar-refractivity contribution in [1.29, 1.82) is 0 Å². The van der Waals surface area contributed by atoms with Gasteiger partial charge in [0.2, 0.25) is 0 Å². The van der Waals surface area contributed by atoms with Crippen molar-refractivity contribution in [2.45, 2.75) is 0 Å². The van der Waals surface area contributed by atoms with Gasteiger partial charge in [-0.1, -0.05) is 212 Å². The molecular weight excluding hydrogens is 775 g/mol. The lowest BCUT2D eigenvalue weighted by atomic mass is 9.85. The van der Waals surface area contributed by atoms with Crippen molar-refractivity contribution in [1.82, 2.24) is 0 Å². The van der Waals surface area contributed by atoms with Gasteiger partial charge >= 0.3 is 0 Å². The van der Waals surface area contributed by atoms with Crippen LogP contribution in [-0.4, -0.2) is 0 Å². The summed E-state index contributed by atoms with van der Waals surface area (Å²) in [7, 11) is 0. The third-order valence-corrected chi connectivity index (χ3v) is 12.7. The molecule has 12 rings (SSSR count). The van der Waals surface area contributed by atoms with Gasteiger partial charge < -0.3 is 9.32 Å². The number of nitrogens with zero attached hydrogens (tertiary/aromatic N) is 1. The van der Waals surface area contributed by atoms with Crippen LogP contribution in [0.5, 0.6) is 0 Å². The summed E-state index contributed by atoms with van der Waals surface area (Å²) < 4.78 is 7.25. The molecule has 2 nitrogen and oxygen atoms in total. The van der Waals surface area contributed by atoms with Gasteiger partial charge in [-0.15, -0.1) is 0 Å². The third-order valence-electron chi connectivity index (χ3n) is 12.7. The topological polar surface area (TPSA) is 16.4 Å². The molecule has 1 aromatic heterocycles. The highest BCUT2D eigenvalue weighted by Crippen LogP contribution is 2.49. The van der Waals surface area contributed by atoms with E-state index in [0.29, 0.717) is 0 Å². The fraction of sp³-hybridized carbons (Fsp3) is 0. The van der Waals surface area contributed by atoms with Crippen LogP contribution in [0.3, 0.4) is 0 Å². The maximum atomic E-state index is 7.25. The number of fused-ring (bicyclic) bond motifs is 6. The van der Waals surface area contributed by atoms with Gasteiger partial charge in [0.1, 0.15) is 5.58 Å². The molecule has 300 valence electrons. The van der Waals surface area contributed by atoms with Crippen LogP contribution < -0.4 is 4.90 Å². The van der Waals surface area contributed by atoms with Crippen LogP contribution in [0.25, 0.3) is 99.1 Å². The van der Waals surface area contributed by atoms with Crippen LogP contribution in [0.15, 0.2) is 253 Å². The molecule has 11 aromatic carbocycles. The van der Waals surface area contributed by atoms with Crippen molar-refractivity contribution in [3.8, 4) is 55.6 Å². The van der Waals surface area contributed by atoms with Crippen LogP contribution >= 0.6 is 0 Å². The molecule has 0 saturated carbocycles. The summed E-state index contributed by atoms with van der Waals surface area (Å²) in [5.74, 6) is 0. The average Bonchev–Trinajstić information content (AvgIpc) is 3.78. The van der Waals surface area contributed by atoms with Gasteiger partial charge in [-0.25, -0.2) is 0 Å². The molecule has 0 radical (unpaired) electrons. The molecule has 0 spiro atoms. The number of anilines is 3. The largest absolute Gasteiger partial charge is 0.453 e. The predicted molar refractivity (Wildman–Crippen MR) is 271 cm³/mol. The Morgan fingerprint density at radius 1 is 0.250 bits per heavy atom. The molecule has 64 heavy (non-hydrogen) atoms. The number of rotatable bonds is 8. The molecule has 0 N–H and O–H groups in total. The Bertz CT molecular complexity index is 3610. The molecule has 0 saturated heterocycles. The second-order valence-corrected chi connectivity index (χ2v) is 16.4. The Balaban J connectivity index is 1.09. The Kier molecular flexibility index (Phi) is 9.20. The van der Waals surface area contributed by atoms with Gasteiger partial charge in [-0.2, -0.15) is 0 Å². The highest BCUT2D eigenvalue weighted by Gasteiger charge is 2.24. The minimum Gasteiger partial charge on any atom is -0.453 e. The van der Waals surface area contributed by atoms with Gasteiger partial charge in [0, 0.05) is 27.7 Å². The summed E-state index contributed by atoms with van der Waals surface area (Å²) in [5.41, 5.74) is 16.4. The normalized spacial score (nSPS) is 11.4. The second kappa shape index (κ2) is 15.8. The monoisotopic (exact) mass is 815 g/mol. The maximum Gasteiger partial charge on any atom is 0.159 e. The minimum absolute atomic E-state index is 0.834. The van der Waals surface area contributed by atoms with Crippen molar-refractivity contribution in [2.75, 3.05) is 4.90 Å². The SMILES string of the molecule is c1ccc(-c2ccc(N(c3ccc(-c4c(-c5ccccc5)c5ccccc5c5ccccc45)cc3)c3cccc4c3oc3c(-c5ccccc5)ccc(-c5ccccc5)c34)cc2)cc1. The zero-order valence-corrected chi connectivity index (χ0v) is 35.0. The lowest BCUT2D eigenvalue weighted by Crippen LogP contribution is -2.10. The summed E-state index contributed by atoms with van der Waals surface area (Å²) >= 11 is 0. The second-order valence-electron chi connectivity index (χ2n) is 16.4. The van der Waals surface area contributed by atoms with E-state index in [1.165, 1.54) is 49.4 Å². The summed E-state index contributed by atoms with van der Waals surface area (Å²) in [4.78, 5) is 2.35. The van der Waals surface area contributed by atoms with Crippen LogP contribution in [-0.2, 0) is 0 Å². The third kappa shape index (κ3) is 6.35. The van der Waals surface area contributed by atoms with Crippen LogP contribution in [0, 0.1) is 0 Å². The van der Waals surface area contributed by atoms with E-state index in [-0.39, 0.29) is 0 Å². The highest BCUT2D eigenvalue weighted by molar-refractivity contribution is 6.22. The number of benzene rings is 11. The lowest BCUT2D eigenvalue weighted by molar-refractivity contribution is 0.670. The zero-order chi connectivity index (χ0) is 42.4.